The highest BCUT2D eigenvalue weighted by Gasteiger charge is 2.21. The molecule has 0 unspecified atom stereocenters. The van der Waals surface area contributed by atoms with Gasteiger partial charge in [-0.3, -0.25) is 0 Å². The van der Waals surface area contributed by atoms with Crippen LogP contribution in [0.4, 0.5) is 0 Å². The molecule has 11 heavy (non-hydrogen) atoms. The third kappa shape index (κ3) is 1.07. The molecule has 2 heteroatoms. The predicted octanol–water partition coefficient (Wildman–Crippen LogP) is 1.88. The highest BCUT2D eigenvalue weighted by atomic mass is 16.3. The molecule has 2 heterocycles. The largest absolute Gasteiger partial charge is 0.469 e. The summed E-state index contributed by atoms with van der Waals surface area (Å²) in [5.41, 5.74) is 1.36. The zero-order valence-electron chi connectivity index (χ0n) is 6.76. The Morgan fingerprint density at radius 3 is 3.09 bits per heavy atom. The standard InChI is InChI=1S/C9H13NO/c1-2-9-7(4-6-11-9)8-3-5-10-8/h4,6,8,10H,2-3,5H2,1H3/t8-/m0/s1. The average Bonchev–Trinajstić information content (AvgIpc) is 2.32. The molecular weight excluding hydrogens is 138 g/mol. The lowest BCUT2D eigenvalue weighted by atomic mass is 9.98. The van der Waals surface area contributed by atoms with Gasteiger partial charge in [-0.2, -0.15) is 0 Å². The number of aryl methyl sites for hydroxylation is 1. The molecule has 0 radical (unpaired) electrons. The molecule has 1 aromatic heterocycles. The van der Waals surface area contributed by atoms with E-state index in [2.05, 4.69) is 18.3 Å². The van der Waals surface area contributed by atoms with Gasteiger partial charge in [-0.15, -0.1) is 0 Å². The average molecular weight is 151 g/mol. The van der Waals surface area contributed by atoms with Crippen molar-refractivity contribution in [2.45, 2.75) is 25.8 Å². The van der Waals surface area contributed by atoms with Crippen LogP contribution in [0.25, 0.3) is 0 Å². The minimum atomic E-state index is 0.573. The quantitative estimate of drug-likeness (QED) is 0.698. The first-order chi connectivity index (χ1) is 5.42. The summed E-state index contributed by atoms with van der Waals surface area (Å²) in [6, 6.07) is 2.65. The Hall–Kier alpha value is -0.760. The van der Waals surface area contributed by atoms with Gasteiger partial charge < -0.3 is 9.73 Å². The van der Waals surface area contributed by atoms with E-state index >= 15 is 0 Å². The SMILES string of the molecule is CCc1occc1[C@@H]1CCN1. The molecule has 1 aliphatic rings. The van der Waals surface area contributed by atoms with Crippen LogP contribution in [0.3, 0.4) is 0 Å². The molecule has 1 aliphatic heterocycles. The van der Waals surface area contributed by atoms with Crippen LogP contribution < -0.4 is 5.32 Å². The first-order valence-corrected chi connectivity index (χ1v) is 4.21. The van der Waals surface area contributed by atoms with Gasteiger partial charge in [0.2, 0.25) is 0 Å². The minimum Gasteiger partial charge on any atom is -0.469 e. The van der Waals surface area contributed by atoms with Crippen molar-refractivity contribution in [2.24, 2.45) is 0 Å². The summed E-state index contributed by atoms with van der Waals surface area (Å²) in [4.78, 5) is 0. The van der Waals surface area contributed by atoms with E-state index in [4.69, 9.17) is 4.42 Å². The lowest BCUT2D eigenvalue weighted by molar-refractivity contribution is 0.374. The molecule has 0 aliphatic carbocycles. The van der Waals surface area contributed by atoms with Gasteiger partial charge in [-0.25, -0.2) is 0 Å². The molecule has 60 valence electrons. The summed E-state index contributed by atoms with van der Waals surface area (Å²) in [7, 11) is 0. The van der Waals surface area contributed by atoms with Gasteiger partial charge in [0.1, 0.15) is 5.76 Å². The summed E-state index contributed by atoms with van der Waals surface area (Å²) in [6.45, 7) is 3.28. The van der Waals surface area contributed by atoms with Gasteiger partial charge in [0.15, 0.2) is 0 Å². The second kappa shape index (κ2) is 2.70. The minimum absolute atomic E-state index is 0.573. The van der Waals surface area contributed by atoms with E-state index in [-0.39, 0.29) is 0 Å². The molecule has 1 atom stereocenters. The van der Waals surface area contributed by atoms with Crippen LogP contribution in [0.1, 0.15) is 30.7 Å². The van der Waals surface area contributed by atoms with Crippen LogP contribution in [0, 0.1) is 0 Å². The van der Waals surface area contributed by atoms with Crippen molar-refractivity contribution in [1.29, 1.82) is 0 Å². The molecule has 1 fully saturated rings. The molecule has 0 spiro atoms. The highest BCUT2D eigenvalue weighted by Crippen LogP contribution is 2.26. The van der Waals surface area contributed by atoms with E-state index in [9.17, 15) is 0 Å². The van der Waals surface area contributed by atoms with Crippen molar-refractivity contribution in [3.8, 4) is 0 Å². The summed E-state index contributed by atoms with van der Waals surface area (Å²) < 4.78 is 5.33. The molecule has 0 bridgehead atoms. The first-order valence-electron chi connectivity index (χ1n) is 4.21. The van der Waals surface area contributed by atoms with Gasteiger partial charge in [0.25, 0.3) is 0 Å². The molecule has 1 aromatic rings. The molecule has 0 amide bonds. The Kier molecular flexibility index (Phi) is 1.70. The molecular formula is C9H13NO. The summed E-state index contributed by atoms with van der Waals surface area (Å²) in [5, 5.41) is 3.36. The smallest absolute Gasteiger partial charge is 0.108 e. The van der Waals surface area contributed by atoms with Gasteiger partial charge in [-0.05, 0) is 19.0 Å². The van der Waals surface area contributed by atoms with Crippen LogP contribution in [0.2, 0.25) is 0 Å². The number of nitrogens with one attached hydrogen (secondary N) is 1. The van der Waals surface area contributed by atoms with Crippen molar-refractivity contribution >= 4 is 0 Å². The van der Waals surface area contributed by atoms with E-state index in [1.165, 1.54) is 12.0 Å². The third-order valence-electron chi connectivity index (χ3n) is 2.30. The Balaban J connectivity index is 2.20. The number of rotatable bonds is 2. The normalized spacial score (nSPS) is 23.2. The molecule has 1 saturated heterocycles. The van der Waals surface area contributed by atoms with Crippen LogP contribution >= 0.6 is 0 Å². The van der Waals surface area contributed by atoms with Gasteiger partial charge >= 0.3 is 0 Å². The fraction of sp³-hybridized carbons (Fsp3) is 0.556. The van der Waals surface area contributed by atoms with E-state index in [1.54, 1.807) is 6.26 Å². The topological polar surface area (TPSA) is 25.2 Å². The number of furan rings is 1. The van der Waals surface area contributed by atoms with Gasteiger partial charge in [0.05, 0.1) is 6.26 Å². The van der Waals surface area contributed by atoms with Gasteiger partial charge in [0, 0.05) is 18.0 Å². The third-order valence-corrected chi connectivity index (χ3v) is 2.30. The van der Waals surface area contributed by atoms with Crippen LogP contribution in [-0.2, 0) is 6.42 Å². The summed E-state index contributed by atoms with van der Waals surface area (Å²) in [5.74, 6) is 1.14. The zero-order chi connectivity index (χ0) is 7.68. The maximum Gasteiger partial charge on any atom is 0.108 e. The van der Waals surface area contributed by atoms with Crippen molar-refractivity contribution in [3.63, 3.8) is 0 Å². The maximum atomic E-state index is 5.33. The molecule has 0 saturated carbocycles. The lowest BCUT2D eigenvalue weighted by Crippen LogP contribution is -2.35. The molecule has 2 nitrogen and oxygen atoms in total. The summed E-state index contributed by atoms with van der Waals surface area (Å²) in [6.07, 6.45) is 4.04. The fourth-order valence-corrected chi connectivity index (χ4v) is 1.50. The van der Waals surface area contributed by atoms with E-state index in [0.717, 1.165) is 18.7 Å². The van der Waals surface area contributed by atoms with Crippen LogP contribution in [-0.4, -0.2) is 6.54 Å². The van der Waals surface area contributed by atoms with Gasteiger partial charge in [-0.1, -0.05) is 6.92 Å². The van der Waals surface area contributed by atoms with Crippen LogP contribution in [0.5, 0.6) is 0 Å². The van der Waals surface area contributed by atoms with Crippen LogP contribution in [0.15, 0.2) is 16.7 Å². The fourth-order valence-electron chi connectivity index (χ4n) is 1.50. The Morgan fingerprint density at radius 1 is 1.73 bits per heavy atom. The second-order valence-corrected chi connectivity index (χ2v) is 2.95. The molecule has 1 N–H and O–H groups in total. The summed E-state index contributed by atoms with van der Waals surface area (Å²) >= 11 is 0. The number of hydrogen-bond donors (Lipinski definition) is 1. The van der Waals surface area contributed by atoms with Crippen molar-refractivity contribution in [2.75, 3.05) is 6.54 Å². The predicted molar refractivity (Wildman–Crippen MR) is 43.4 cm³/mol. The zero-order valence-corrected chi connectivity index (χ0v) is 6.76. The van der Waals surface area contributed by atoms with Crippen molar-refractivity contribution < 1.29 is 4.42 Å². The van der Waals surface area contributed by atoms with E-state index in [0.29, 0.717) is 6.04 Å². The second-order valence-electron chi connectivity index (χ2n) is 2.95. The molecule has 2 rings (SSSR count). The number of hydrogen-bond acceptors (Lipinski definition) is 2. The maximum absolute atomic E-state index is 5.33. The Bertz CT molecular complexity index is 237. The van der Waals surface area contributed by atoms with Crippen molar-refractivity contribution in [3.05, 3.63) is 23.7 Å². The van der Waals surface area contributed by atoms with Crippen molar-refractivity contribution in [1.82, 2.24) is 5.32 Å². The first kappa shape index (κ1) is 6.92. The molecule has 0 aromatic carbocycles. The lowest BCUT2D eigenvalue weighted by Gasteiger charge is -2.27. The Labute approximate surface area is 66.6 Å². The monoisotopic (exact) mass is 151 g/mol. The van der Waals surface area contributed by atoms with E-state index < -0.39 is 0 Å². The Morgan fingerprint density at radius 2 is 2.55 bits per heavy atom. The highest BCUT2D eigenvalue weighted by molar-refractivity contribution is 5.23. The van der Waals surface area contributed by atoms with E-state index in [1.807, 2.05) is 0 Å².